The zero-order valence-corrected chi connectivity index (χ0v) is 11.2. The van der Waals surface area contributed by atoms with Crippen molar-refractivity contribution in [3.63, 3.8) is 0 Å². The molecular formula is C12H14BrNO3. The Morgan fingerprint density at radius 2 is 2.12 bits per heavy atom. The molecule has 17 heavy (non-hydrogen) atoms. The first-order valence-electron chi connectivity index (χ1n) is 5.43. The van der Waals surface area contributed by atoms with Gasteiger partial charge in [0.2, 0.25) is 0 Å². The van der Waals surface area contributed by atoms with E-state index >= 15 is 0 Å². The molecule has 1 aromatic rings. The maximum atomic E-state index is 11.6. The molecule has 0 aliphatic carbocycles. The van der Waals surface area contributed by atoms with Crippen LogP contribution in [0.4, 0.5) is 5.69 Å². The lowest BCUT2D eigenvalue weighted by molar-refractivity contribution is 0.0599. The molecule has 0 saturated carbocycles. The summed E-state index contributed by atoms with van der Waals surface area (Å²) in [5.41, 5.74) is 1.58. The molecule has 1 aromatic carbocycles. The number of morpholine rings is 1. The second-order valence-electron chi connectivity index (χ2n) is 3.76. The van der Waals surface area contributed by atoms with Gasteiger partial charge in [-0.25, -0.2) is 4.79 Å². The summed E-state index contributed by atoms with van der Waals surface area (Å²) >= 11 is 3.35. The maximum Gasteiger partial charge on any atom is 0.339 e. The summed E-state index contributed by atoms with van der Waals surface area (Å²) in [4.78, 5) is 13.8. The van der Waals surface area contributed by atoms with E-state index < -0.39 is 0 Å². The Morgan fingerprint density at radius 3 is 2.76 bits per heavy atom. The zero-order chi connectivity index (χ0) is 12.3. The Morgan fingerprint density at radius 1 is 1.41 bits per heavy atom. The summed E-state index contributed by atoms with van der Waals surface area (Å²) < 4.78 is 10.8. The summed E-state index contributed by atoms with van der Waals surface area (Å²) in [5, 5.41) is 0. The van der Waals surface area contributed by atoms with Crippen molar-refractivity contribution in [3.8, 4) is 0 Å². The average Bonchev–Trinajstić information content (AvgIpc) is 2.39. The summed E-state index contributed by atoms with van der Waals surface area (Å²) in [7, 11) is 1.39. The van der Waals surface area contributed by atoms with Gasteiger partial charge in [-0.15, -0.1) is 0 Å². The SMILES string of the molecule is COC(=O)c1cc(N2CCOCC2)ccc1Br. The third kappa shape index (κ3) is 2.79. The van der Waals surface area contributed by atoms with Crippen LogP contribution in [0.1, 0.15) is 10.4 Å². The van der Waals surface area contributed by atoms with Gasteiger partial charge in [0.1, 0.15) is 0 Å². The lowest BCUT2D eigenvalue weighted by Crippen LogP contribution is -2.36. The highest BCUT2D eigenvalue weighted by atomic mass is 79.9. The highest BCUT2D eigenvalue weighted by molar-refractivity contribution is 9.10. The van der Waals surface area contributed by atoms with E-state index in [0.717, 1.165) is 36.5 Å². The topological polar surface area (TPSA) is 38.8 Å². The summed E-state index contributed by atoms with van der Waals surface area (Å²) in [6, 6.07) is 5.71. The van der Waals surface area contributed by atoms with E-state index in [1.54, 1.807) is 0 Å². The van der Waals surface area contributed by atoms with Crippen LogP contribution in [0.5, 0.6) is 0 Å². The van der Waals surface area contributed by atoms with Crippen LogP contribution < -0.4 is 4.90 Å². The molecule has 4 nitrogen and oxygen atoms in total. The van der Waals surface area contributed by atoms with Crippen molar-refractivity contribution in [1.29, 1.82) is 0 Å². The number of anilines is 1. The van der Waals surface area contributed by atoms with Crippen molar-refractivity contribution in [2.45, 2.75) is 0 Å². The van der Waals surface area contributed by atoms with Crippen molar-refractivity contribution < 1.29 is 14.3 Å². The van der Waals surface area contributed by atoms with Crippen LogP contribution in [0.3, 0.4) is 0 Å². The summed E-state index contributed by atoms with van der Waals surface area (Å²) in [6.07, 6.45) is 0. The average molecular weight is 300 g/mol. The lowest BCUT2D eigenvalue weighted by atomic mass is 10.2. The number of carbonyl (C=O) groups is 1. The van der Waals surface area contributed by atoms with Crippen molar-refractivity contribution in [3.05, 3.63) is 28.2 Å². The number of rotatable bonds is 2. The molecule has 0 N–H and O–H groups in total. The van der Waals surface area contributed by atoms with Crippen molar-refractivity contribution in [2.24, 2.45) is 0 Å². The van der Waals surface area contributed by atoms with E-state index in [1.165, 1.54) is 7.11 Å². The molecule has 5 heteroatoms. The second kappa shape index (κ2) is 5.51. The van der Waals surface area contributed by atoms with Crippen LogP contribution in [-0.2, 0) is 9.47 Å². The van der Waals surface area contributed by atoms with Gasteiger partial charge < -0.3 is 14.4 Å². The van der Waals surface area contributed by atoms with Gasteiger partial charge in [0.25, 0.3) is 0 Å². The van der Waals surface area contributed by atoms with Crippen LogP contribution in [0.15, 0.2) is 22.7 Å². The number of esters is 1. The molecule has 0 aromatic heterocycles. The molecule has 1 saturated heterocycles. The Hall–Kier alpha value is -1.07. The minimum atomic E-state index is -0.327. The third-order valence-corrected chi connectivity index (χ3v) is 3.42. The number of benzene rings is 1. The second-order valence-corrected chi connectivity index (χ2v) is 4.61. The largest absolute Gasteiger partial charge is 0.465 e. The third-order valence-electron chi connectivity index (χ3n) is 2.73. The molecule has 1 fully saturated rings. The van der Waals surface area contributed by atoms with E-state index in [4.69, 9.17) is 9.47 Å². The quantitative estimate of drug-likeness (QED) is 0.784. The van der Waals surface area contributed by atoms with E-state index in [0.29, 0.717) is 5.56 Å². The summed E-state index contributed by atoms with van der Waals surface area (Å²) in [6.45, 7) is 3.15. The molecule has 0 radical (unpaired) electrons. The Bertz CT molecular complexity index is 416. The highest BCUT2D eigenvalue weighted by Crippen LogP contribution is 2.24. The molecule has 0 spiro atoms. The van der Waals surface area contributed by atoms with Crippen molar-refractivity contribution in [1.82, 2.24) is 0 Å². The van der Waals surface area contributed by atoms with Gasteiger partial charge in [0, 0.05) is 23.2 Å². The van der Waals surface area contributed by atoms with Crippen LogP contribution in [0.2, 0.25) is 0 Å². The number of hydrogen-bond acceptors (Lipinski definition) is 4. The fourth-order valence-electron chi connectivity index (χ4n) is 1.80. The van der Waals surface area contributed by atoms with E-state index in [9.17, 15) is 4.79 Å². The lowest BCUT2D eigenvalue weighted by Gasteiger charge is -2.29. The molecule has 1 heterocycles. The summed E-state index contributed by atoms with van der Waals surface area (Å²) in [5.74, 6) is -0.327. The first-order valence-corrected chi connectivity index (χ1v) is 6.22. The standard InChI is InChI=1S/C12H14BrNO3/c1-16-12(15)10-8-9(2-3-11(10)13)14-4-6-17-7-5-14/h2-3,8H,4-7H2,1H3. The molecule has 1 aliphatic heterocycles. The van der Waals surface area contributed by atoms with Crippen LogP contribution in [-0.4, -0.2) is 39.4 Å². The number of methoxy groups -OCH3 is 1. The van der Waals surface area contributed by atoms with Crippen molar-refractivity contribution in [2.75, 3.05) is 38.3 Å². The van der Waals surface area contributed by atoms with Gasteiger partial charge >= 0.3 is 5.97 Å². The van der Waals surface area contributed by atoms with Gasteiger partial charge in [-0.05, 0) is 34.1 Å². The minimum absolute atomic E-state index is 0.327. The number of carbonyl (C=O) groups excluding carboxylic acids is 1. The predicted octanol–water partition coefficient (Wildman–Crippen LogP) is 2.07. The number of ether oxygens (including phenoxy) is 2. The number of halogens is 1. The Balaban J connectivity index is 2.26. The molecular weight excluding hydrogens is 286 g/mol. The first-order chi connectivity index (χ1) is 8.22. The molecule has 1 aliphatic rings. The van der Waals surface area contributed by atoms with Crippen molar-refractivity contribution >= 4 is 27.6 Å². The zero-order valence-electron chi connectivity index (χ0n) is 9.61. The smallest absolute Gasteiger partial charge is 0.339 e. The van der Waals surface area contributed by atoms with Crippen LogP contribution in [0, 0.1) is 0 Å². The molecule has 2 rings (SSSR count). The Kier molecular flexibility index (Phi) is 4.02. The molecule has 92 valence electrons. The van der Waals surface area contributed by atoms with Gasteiger partial charge in [-0.2, -0.15) is 0 Å². The van der Waals surface area contributed by atoms with Gasteiger partial charge in [-0.1, -0.05) is 0 Å². The fourth-order valence-corrected chi connectivity index (χ4v) is 2.21. The monoisotopic (exact) mass is 299 g/mol. The molecule has 0 unspecified atom stereocenters. The molecule has 0 bridgehead atoms. The van der Waals surface area contributed by atoms with E-state index in [2.05, 4.69) is 20.8 Å². The number of hydrogen-bond donors (Lipinski definition) is 0. The maximum absolute atomic E-state index is 11.6. The van der Waals surface area contributed by atoms with Gasteiger partial charge in [-0.3, -0.25) is 0 Å². The predicted molar refractivity (Wildman–Crippen MR) is 68.5 cm³/mol. The van der Waals surface area contributed by atoms with E-state index in [-0.39, 0.29) is 5.97 Å². The normalized spacial score (nSPS) is 15.8. The van der Waals surface area contributed by atoms with E-state index in [1.807, 2.05) is 18.2 Å². The minimum Gasteiger partial charge on any atom is -0.465 e. The number of nitrogens with zero attached hydrogens (tertiary/aromatic N) is 1. The highest BCUT2D eigenvalue weighted by Gasteiger charge is 2.15. The van der Waals surface area contributed by atoms with Gasteiger partial charge in [0.05, 0.1) is 25.9 Å². The van der Waals surface area contributed by atoms with Gasteiger partial charge in [0.15, 0.2) is 0 Å². The molecule has 0 atom stereocenters. The Labute approximate surface area is 109 Å². The van der Waals surface area contributed by atoms with Crippen LogP contribution >= 0.6 is 15.9 Å². The van der Waals surface area contributed by atoms with Crippen LogP contribution in [0.25, 0.3) is 0 Å². The fraction of sp³-hybridized carbons (Fsp3) is 0.417. The molecule has 0 amide bonds. The first kappa shape index (κ1) is 12.4.